The molecule has 0 aliphatic rings. The van der Waals surface area contributed by atoms with Crippen LogP contribution in [0, 0.1) is 6.92 Å². The highest BCUT2D eigenvalue weighted by Gasteiger charge is 2.07. The number of aryl methyl sites for hydroxylation is 2. The van der Waals surface area contributed by atoms with E-state index in [0.717, 1.165) is 22.0 Å². The van der Waals surface area contributed by atoms with Crippen molar-refractivity contribution in [2.24, 2.45) is 7.05 Å². The molecular formula is C13H12N4O. The lowest BCUT2D eigenvalue weighted by Gasteiger charge is -2.02. The van der Waals surface area contributed by atoms with Crippen LogP contribution in [0.4, 0.5) is 0 Å². The Kier molecular flexibility index (Phi) is 2.26. The summed E-state index contributed by atoms with van der Waals surface area (Å²) in [6.07, 6.45) is 1.73. The summed E-state index contributed by atoms with van der Waals surface area (Å²) in [6.45, 7) is 2.03. The molecule has 0 amide bonds. The summed E-state index contributed by atoms with van der Waals surface area (Å²) in [7, 11) is 1.61. The number of fused-ring (bicyclic) bond motifs is 1. The SMILES string of the molecule is Cc1cccc2cc(-c3nn(C)c(=O)[nH]3)cnc12. The van der Waals surface area contributed by atoms with Gasteiger partial charge in [-0.25, -0.2) is 9.48 Å². The van der Waals surface area contributed by atoms with Crippen LogP contribution in [-0.4, -0.2) is 19.7 Å². The summed E-state index contributed by atoms with van der Waals surface area (Å²) in [4.78, 5) is 18.5. The second-order valence-electron chi connectivity index (χ2n) is 4.27. The first-order valence-electron chi connectivity index (χ1n) is 5.64. The number of H-pyrrole nitrogens is 1. The minimum absolute atomic E-state index is 0.227. The number of aromatic amines is 1. The molecule has 1 N–H and O–H groups in total. The number of hydrogen-bond acceptors (Lipinski definition) is 3. The van der Waals surface area contributed by atoms with Gasteiger partial charge in [0.25, 0.3) is 0 Å². The first kappa shape index (κ1) is 10.7. The molecule has 0 bridgehead atoms. The molecule has 0 atom stereocenters. The van der Waals surface area contributed by atoms with Gasteiger partial charge >= 0.3 is 5.69 Å². The minimum Gasteiger partial charge on any atom is -0.289 e. The largest absolute Gasteiger partial charge is 0.343 e. The smallest absolute Gasteiger partial charge is 0.289 e. The van der Waals surface area contributed by atoms with Gasteiger partial charge in [-0.3, -0.25) is 9.97 Å². The number of hydrogen-bond donors (Lipinski definition) is 1. The molecule has 0 aliphatic heterocycles. The van der Waals surface area contributed by atoms with Crippen LogP contribution in [-0.2, 0) is 7.05 Å². The van der Waals surface area contributed by atoms with E-state index in [4.69, 9.17) is 0 Å². The van der Waals surface area contributed by atoms with Crippen LogP contribution >= 0.6 is 0 Å². The molecular weight excluding hydrogens is 228 g/mol. The van der Waals surface area contributed by atoms with Crippen molar-refractivity contribution in [3.05, 3.63) is 46.5 Å². The molecule has 5 nitrogen and oxygen atoms in total. The third-order valence-electron chi connectivity index (χ3n) is 2.96. The van der Waals surface area contributed by atoms with E-state index in [2.05, 4.69) is 15.1 Å². The number of benzene rings is 1. The monoisotopic (exact) mass is 240 g/mol. The Morgan fingerprint density at radius 3 is 2.89 bits per heavy atom. The molecule has 0 unspecified atom stereocenters. The Labute approximate surface area is 103 Å². The summed E-state index contributed by atoms with van der Waals surface area (Å²) in [5.41, 5.74) is 2.69. The van der Waals surface area contributed by atoms with Gasteiger partial charge in [0.1, 0.15) is 0 Å². The molecule has 2 heterocycles. The summed E-state index contributed by atoms with van der Waals surface area (Å²) in [5, 5.41) is 5.16. The van der Waals surface area contributed by atoms with Crippen LogP contribution in [0.2, 0.25) is 0 Å². The maximum absolute atomic E-state index is 11.4. The molecule has 1 aromatic carbocycles. The van der Waals surface area contributed by atoms with Crippen molar-refractivity contribution in [3.63, 3.8) is 0 Å². The van der Waals surface area contributed by atoms with E-state index in [1.807, 2.05) is 31.2 Å². The summed E-state index contributed by atoms with van der Waals surface area (Å²) in [5.74, 6) is 0.540. The van der Waals surface area contributed by atoms with Crippen molar-refractivity contribution in [3.8, 4) is 11.4 Å². The molecule has 5 heteroatoms. The van der Waals surface area contributed by atoms with Crippen molar-refractivity contribution < 1.29 is 0 Å². The fraction of sp³-hybridized carbons (Fsp3) is 0.154. The summed E-state index contributed by atoms with van der Waals surface area (Å²) in [6, 6.07) is 8.00. The average molecular weight is 240 g/mol. The summed E-state index contributed by atoms with van der Waals surface area (Å²) >= 11 is 0. The van der Waals surface area contributed by atoms with Crippen molar-refractivity contribution >= 4 is 10.9 Å². The molecule has 18 heavy (non-hydrogen) atoms. The molecule has 0 spiro atoms. The zero-order valence-corrected chi connectivity index (χ0v) is 10.1. The first-order valence-corrected chi connectivity index (χ1v) is 5.64. The third kappa shape index (κ3) is 1.60. The van der Waals surface area contributed by atoms with E-state index in [9.17, 15) is 4.79 Å². The molecule has 0 aliphatic carbocycles. The Hall–Kier alpha value is -2.43. The Morgan fingerprint density at radius 1 is 1.33 bits per heavy atom. The van der Waals surface area contributed by atoms with E-state index < -0.39 is 0 Å². The standard InChI is InChI=1S/C13H12N4O/c1-8-4-3-5-9-6-10(7-14-11(8)9)12-15-13(18)17(2)16-12/h3-7H,1-2H3,(H,15,16,18). The van der Waals surface area contributed by atoms with Gasteiger partial charge in [0.15, 0.2) is 5.82 Å². The fourth-order valence-electron chi connectivity index (χ4n) is 1.98. The third-order valence-corrected chi connectivity index (χ3v) is 2.96. The second kappa shape index (κ2) is 3.80. The number of pyridine rings is 1. The van der Waals surface area contributed by atoms with Gasteiger partial charge in [0.05, 0.1) is 5.52 Å². The zero-order chi connectivity index (χ0) is 12.7. The van der Waals surface area contributed by atoms with Crippen LogP contribution in [0.15, 0.2) is 35.3 Å². The van der Waals surface area contributed by atoms with Gasteiger partial charge in [-0.05, 0) is 18.6 Å². The van der Waals surface area contributed by atoms with E-state index in [0.29, 0.717) is 5.82 Å². The van der Waals surface area contributed by atoms with Crippen LogP contribution in [0.1, 0.15) is 5.56 Å². The summed E-state index contributed by atoms with van der Waals surface area (Å²) < 4.78 is 1.27. The van der Waals surface area contributed by atoms with E-state index in [-0.39, 0.29) is 5.69 Å². The molecule has 3 aromatic rings. The Balaban J connectivity index is 2.22. The highest BCUT2D eigenvalue weighted by atomic mass is 16.1. The van der Waals surface area contributed by atoms with Crippen LogP contribution in [0.3, 0.4) is 0 Å². The lowest BCUT2D eigenvalue weighted by molar-refractivity contribution is 0.736. The molecule has 2 aromatic heterocycles. The lowest BCUT2D eigenvalue weighted by atomic mass is 10.1. The van der Waals surface area contributed by atoms with Gasteiger partial charge in [-0.2, -0.15) is 5.10 Å². The molecule has 3 rings (SSSR count). The van der Waals surface area contributed by atoms with E-state index in [1.165, 1.54) is 4.68 Å². The number of para-hydroxylation sites is 1. The number of rotatable bonds is 1. The fourth-order valence-corrected chi connectivity index (χ4v) is 1.98. The van der Waals surface area contributed by atoms with Crippen molar-refractivity contribution in [2.75, 3.05) is 0 Å². The molecule has 0 saturated carbocycles. The lowest BCUT2D eigenvalue weighted by Crippen LogP contribution is -2.13. The molecule has 90 valence electrons. The topological polar surface area (TPSA) is 63.6 Å². The van der Waals surface area contributed by atoms with Crippen LogP contribution in [0.5, 0.6) is 0 Å². The van der Waals surface area contributed by atoms with Gasteiger partial charge in [-0.1, -0.05) is 18.2 Å². The Bertz CT molecular complexity index is 785. The van der Waals surface area contributed by atoms with Gasteiger partial charge < -0.3 is 0 Å². The highest BCUT2D eigenvalue weighted by molar-refractivity contribution is 5.84. The second-order valence-corrected chi connectivity index (χ2v) is 4.27. The molecule has 0 saturated heterocycles. The van der Waals surface area contributed by atoms with Gasteiger partial charge in [0, 0.05) is 24.2 Å². The van der Waals surface area contributed by atoms with Crippen LogP contribution in [0.25, 0.3) is 22.3 Å². The van der Waals surface area contributed by atoms with E-state index in [1.54, 1.807) is 13.2 Å². The predicted octanol–water partition coefficient (Wildman–Crippen LogP) is 1.63. The van der Waals surface area contributed by atoms with Crippen molar-refractivity contribution in [1.82, 2.24) is 19.7 Å². The molecule has 0 fully saturated rings. The van der Waals surface area contributed by atoms with Crippen LogP contribution < -0.4 is 5.69 Å². The number of aromatic nitrogens is 4. The van der Waals surface area contributed by atoms with Gasteiger partial charge in [0.2, 0.25) is 0 Å². The van der Waals surface area contributed by atoms with Gasteiger partial charge in [-0.15, -0.1) is 0 Å². The quantitative estimate of drug-likeness (QED) is 0.703. The number of nitrogens with one attached hydrogen (secondary N) is 1. The average Bonchev–Trinajstić information content (AvgIpc) is 2.70. The maximum atomic E-state index is 11.4. The molecule has 0 radical (unpaired) electrons. The van der Waals surface area contributed by atoms with Crippen molar-refractivity contribution in [1.29, 1.82) is 0 Å². The Morgan fingerprint density at radius 2 is 2.17 bits per heavy atom. The zero-order valence-electron chi connectivity index (χ0n) is 10.1. The van der Waals surface area contributed by atoms with Crippen molar-refractivity contribution in [2.45, 2.75) is 6.92 Å². The van der Waals surface area contributed by atoms with E-state index >= 15 is 0 Å². The number of nitrogens with zero attached hydrogens (tertiary/aromatic N) is 3. The first-order chi connectivity index (χ1) is 8.65. The predicted molar refractivity (Wildman–Crippen MR) is 69.3 cm³/mol. The maximum Gasteiger partial charge on any atom is 0.343 e. The normalized spacial score (nSPS) is 11.0. The minimum atomic E-state index is -0.227. The highest BCUT2D eigenvalue weighted by Crippen LogP contribution is 2.21.